The second-order valence-corrected chi connectivity index (χ2v) is 7.82. The molecular weight excluding hydrogens is 374 g/mol. The third-order valence-corrected chi connectivity index (χ3v) is 5.51. The molecule has 0 saturated carbocycles. The van der Waals surface area contributed by atoms with Gasteiger partial charge < -0.3 is 10.7 Å². The lowest BCUT2D eigenvalue weighted by Gasteiger charge is -2.40. The fraction of sp³-hybridized carbons (Fsp3) is 0.435. The van der Waals surface area contributed by atoms with E-state index < -0.39 is 0 Å². The summed E-state index contributed by atoms with van der Waals surface area (Å²) in [6, 6.07) is 14.5. The van der Waals surface area contributed by atoms with Crippen LogP contribution in [0.1, 0.15) is 56.2 Å². The molecule has 0 saturated heterocycles. The predicted octanol–water partition coefficient (Wildman–Crippen LogP) is 5.89. The Morgan fingerprint density at radius 1 is 1.13 bits per heavy atom. The van der Waals surface area contributed by atoms with Crippen molar-refractivity contribution in [3.05, 3.63) is 69.6 Å². The van der Waals surface area contributed by atoms with Gasteiger partial charge in [0.1, 0.15) is 5.84 Å². The van der Waals surface area contributed by atoms with Crippen molar-refractivity contribution in [1.29, 1.82) is 0 Å². The molecule has 0 aromatic heterocycles. The molecule has 0 amide bonds. The number of anilines is 1. The van der Waals surface area contributed by atoms with Gasteiger partial charge in [0.15, 0.2) is 0 Å². The molecule has 1 aliphatic rings. The first kappa shape index (κ1) is 21.7. The molecule has 0 aliphatic carbocycles. The molecule has 0 spiro atoms. The Hall–Kier alpha value is -3.02. The second kappa shape index (κ2) is 10.1. The van der Waals surface area contributed by atoms with E-state index in [1.54, 1.807) is 0 Å². The Balaban J connectivity index is 1.91. The topological polar surface area (TPSA) is 97.2 Å². The van der Waals surface area contributed by atoms with Gasteiger partial charge in [-0.25, -0.2) is 10.4 Å². The van der Waals surface area contributed by atoms with Crippen molar-refractivity contribution in [3.63, 3.8) is 0 Å². The van der Waals surface area contributed by atoms with Gasteiger partial charge in [-0.15, -0.1) is 0 Å². The summed E-state index contributed by atoms with van der Waals surface area (Å²) in [6.07, 6.45) is 4.02. The SMILES string of the molecule is CCCC1(CCC)Nc2cc(CN=[N+]=[N-])c(C)cc2N=C1NNCc1ccccc1. The highest BCUT2D eigenvalue weighted by Crippen LogP contribution is 2.39. The molecule has 0 unspecified atom stereocenters. The number of amidine groups is 1. The van der Waals surface area contributed by atoms with Crippen LogP contribution in [0.3, 0.4) is 0 Å². The van der Waals surface area contributed by atoms with E-state index in [1.165, 1.54) is 5.56 Å². The van der Waals surface area contributed by atoms with Crippen LogP contribution in [0.15, 0.2) is 52.6 Å². The molecule has 30 heavy (non-hydrogen) atoms. The first-order valence-electron chi connectivity index (χ1n) is 10.7. The van der Waals surface area contributed by atoms with Crippen LogP contribution in [-0.2, 0) is 13.1 Å². The fourth-order valence-electron chi connectivity index (χ4n) is 4.07. The van der Waals surface area contributed by atoms with Gasteiger partial charge in [0.2, 0.25) is 0 Å². The molecule has 0 atom stereocenters. The minimum atomic E-state index is -0.259. The zero-order valence-electron chi connectivity index (χ0n) is 18.1. The van der Waals surface area contributed by atoms with Gasteiger partial charge in [0.25, 0.3) is 0 Å². The van der Waals surface area contributed by atoms with Crippen molar-refractivity contribution in [1.82, 2.24) is 10.9 Å². The van der Waals surface area contributed by atoms with E-state index in [0.29, 0.717) is 13.1 Å². The highest BCUT2D eigenvalue weighted by molar-refractivity contribution is 6.00. The summed E-state index contributed by atoms with van der Waals surface area (Å²) in [5.74, 6) is 0.928. The lowest BCUT2D eigenvalue weighted by molar-refractivity contribution is 0.475. The quantitative estimate of drug-likeness (QED) is 0.210. The van der Waals surface area contributed by atoms with E-state index >= 15 is 0 Å². The smallest absolute Gasteiger partial charge is 0.142 e. The number of fused-ring (bicyclic) bond motifs is 1. The van der Waals surface area contributed by atoms with E-state index in [1.807, 2.05) is 25.1 Å². The predicted molar refractivity (Wildman–Crippen MR) is 124 cm³/mol. The Labute approximate surface area is 178 Å². The molecule has 0 radical (unpaired) electrons. The number of azide groups is 1. The molecule has 3 rings (SSSR count). The third-order valence-electron chi connectivity index (χ3n) is 5.51. The molecule has 7 nitrogen and oxygen atoms in total. The highest BCUT2D eigenvalue weighted by atomic mass is 15.4. The van der Waals surface area contributed by atoms with E-state index in [-0.39, 0.29) is 5.54 Å². The summed E-state index contributed by atoms with van der Waals surface area (Å²) in [5, 5.41) is 7.53. The molecule has 1 aliphatic heterocycles. The van der Waals surface area contributed by atoms with Crippen molar-refractivity contribution in [2.75, 3.05) is 5.32 Å². The zero-order valence-corrected chi connectivity index (χ0v) is 18.1. The summed E-state index contributed by atoms with van der Waals surface area (Å²) >= 11 is 0. The minimum absolute atomic E-state index is 0.259. The number of nitrogens with one attached hydrogen (secondary N) is 3. The summed E-state index contributed by atoms with van der Waals surface area (Å²) in [4.78, 5) is 7.93. The first-order valence-corrected chi connectivity index (χ1v) is 10.7. The van der Waals surface area contributed by atoms with Crippen molar-refractivity contribution >= 4 is 17.2 Å². The van der Waals surface area contributed by atoms with Gasteiger partial charge in [-0.05, 0) is 54.1 Å². The monoisotopic (exact) mass is 405 g/mol. The number of aryl methyl sites for hydroxylation is 1. The molecule has 2 aromatic rings. The third kappa shape index (κ3) is 4.93. The largest absolute Gasteiger partial charge is 0.371 e. The maximum atomic E-state index is 8.69. The highest BCUT2D eigenvalue weighted by Gasteiger charge is 2.38. The Morgan fingerprint density at radius 3 is 2.53 bits per heavy atom. The van der Waals surface area contributed by atoms with Gasteiger partial charge >= 0.3 is 0 Å². The van der Waals surface area contributed by atoms with Gasteiger partial charge in [-0.3, -0.25) is 0 Å². The number of hydrogen-bond donors (Lipinski definition) is 3. The normalized spacial score (nSPS) is 14.2. The van der Waals surface area contributed by atoms with Crippen LogP contribution < -0.4 is 16.2 Å². The molecule has 158 valence electrons. The summed E-state index contributed by atoms with van der Waals surface area (Å²) in [7, 11) is 0. The van der Waals surface area contributed by atoms with E-state index in [2.05, 4.69) is 64.3 Å². The van der Waals surface area contributed by atoms with Crippen LogP contribution >= 0.6 is 0 Å². The number of hydrogen-bond acceptors (Lipinski definition) is 5. The van der Waals surface area contributed by atoms with Crippen LogP contribution in [-0.4, -0.2) is 11.4 Å². The van der Waals surface area contributed by atoms with Crippen LogP contribution in [0.4, 0.5) is 11.4 Å². The van der Waals surface area contributed by atoms with Crippen molar-refractivity contribution in [3.8, 4) is 0 Å². The fourth-order valence-corrected chi connectivity index (χ4v) is 4.07. The van der Waals surface area contributed by atoms with Crippen LogP contribution in [0.5, 0.6) is 0 Å². The van der Waals surface area contributed by atoms with Gasteiger partial charge in [-0.1, -0.05) is 62.1 Å². The average molecular weight is 406 g/mol. The first-order chi connectivity index (χ1) is 14.6. The minimum Gasteiger partial charge on any atom is -0.371 e. The lowest BCUT2D eigenvalue weighted by atomic mass is 9.85. The number of nitrogens with zero attached hydrogens (tertiary/aromatic N) is 4. The van der Waals surface area contributed by atoms with E-state index in [4.69, 9.17) is 10.5 Å². The summed E-state index contributed by atoms with van der Waals surface area (Å²) < 4.78 is 0. The van der Waals surface area contributed by atoms with Crippen molar-refractivity contribution < 1.29 is 0 Å². The second-order valence-electron chi connectivity index (χ2n) is 7.82. The molecule has 2 aromatic carbocycles. The molecule has 0 bridgehead atoms. The Kier molecular flexibility index (Phi) is 7.33. The number of benzene rings is 2. The van der Waals surface area contributed by atoms with Crippen LogP contribution in [0, 0.1) is 6.92 Å². The van der Waals surface area contributed by atoms with Crippen LogP contribution in [0.2, 0.25) is 0 Å². The number of hydrazine groups is 1. The van der Waals surface area contributed by atoms with Crippen molar-refractivity contribution in [2.24, 2.45) is 10.1 Å². The standard InChI is InChI=1S/C23H31N7/c1-4-11-23(12-5-2)22(29-25-15-18-9-7-6-8-10-18)27-20-13-17(3)19(16-26-30-24)14-21(20)28-23/h6-10,13-14,25,28H,4-5,11-12,15-16H2,1-3H3,(H,27,29). The molecule has 3 N–H and O–H groups in total. The molecule has 0 fully saturated rings. The molecule has 1 heterocycles. The Bertz CT molecular complexity index is 924. The Morgan fingerprint density at radius 2 is 1.87 bits per heavy atom. The lowest BCUT2D eigenvalue weighted by Crippen LogP contribution is -2.57. The van der Waals surface area contributed by atoms with E-state index in [9.17, 15) is 0 Å². The summed E-state index contributed by atoms with van der Waals surface area (Å²) in [5.41, 5.74) is 20.4. The number of rotatable bonds is 9. The van der Waals surface area contributed by atoms with Crippen LogP contribution in [0.25, 0.3) is 10.4 Å². The average Bonchev–Trinajstić information content (AvgIpc) is 2.74. The molecular formula is C23H31N7. The van der Waals surface area contributed by atoms with Gasteiger partial charge in [-0.2, -0.15) is 0 Å². The van der Waals surface area contributed by atoms with Crippen molar-refractivity contribution in [2.45, 2.75) is 65.1 Å². The van der Waals surface area contributed by atoms with E-state index in [0.717, 1.165) is 54.0 Å². The van der Waals surface area contributed by atoms with Gasteiger partial charge in [0.05, 0.1) is 23.5 Å². The molecule has 7 heteroatoms. The number of aliphatic imine (C=N–C) groups is 1. The maximum Gasteiger partial charge on any atom is 0.142 e. The zero-order chi connectivity index (χ0) is 21.4. The summed E-state index contributed by atoms with van der Waals surface area (Å²) in [6.45, 7) is 7.49. The maximum absolute atomic E-state index is 8.69. The van der Waals surface area contributed by atoms with Gasteiger partial charge in [0, 0.05) is 11.5 Å².